The topological polar surface area (TPSA) is 75.4 Å². The van der Waals surface area contributed by atoms with Crippen LogP contribution in [0.25, 0.3) is 0 Å². The Balaban J connectivity index is 1.85. The molecule has 1 aromatic rings. The zero-order valence-corrected chi connectivity index (χ0v) is 10.2. The quantitative estimate of drug-likeness (QED) is 0.828. The van der Waals surface area contributed by atoms with E-state index in [0.717, 1.165) is 31.5 Å². The predicted molar refractivity (Wildman–Crippen MR) is 64.0 cm³/mol. The van der Waals surface area contributed by atoms with Crippen LogP contribution in [0.5, 0.6) is 0 Å². The predicted octanol–water partition coefficient (Wildman–Crippen LogP) is 0.523. The van der Waals surface area contributed by atoms with Crippen molar-refractivity contribution in [3.05, 3.63) is 18.0 Å². The minimum Gasteiger partial charge on any atom is -0.481 e. The molecule has 2 heterocycles. The number of aliphatic carboxylic acids is 1. The number of aryl methyl sites for hydroxylation is 1. The van der Waals surface area contributed by atoms with Crippen molar-refractivity contribution < 1.29 is 14.7 Å². The molecule has 6 nitrogen and oxygen atoms in total. The van der Waals surface area contributed by atoms with Gasteiger partial charge in [-0.1, -0.05) is 0 Å². The molecule has 1 N–H and O–H groups in total. The second-order valence-corrected chi connectivity index (χ2v) is 4.53. The van der Waals surface area contributed by atoms with E-state index in [0.29, 0.717) is 6.42 Å². The summed E-state index contributed by atoms with van der Waals surface area (Å²) >= 11 is 0. The fourth-order valence-corrected chi connectivity index (χ4v) is 2.08. The third-order valence-electron chi connectivity index (χ3n) is 3.07. The van der Waals surface area contributed by atoms with Gasteiger partial charge in [0.15, 0.2) is 0 Å². The second-order valence-electron chi connectivity index (χ2n) is 4.53. The van der Waals surface area contributed by atoms with Crippen LogP contribution >= 0.6 is 0 Å². The lowest BCUT2D eigenvalue weighted by Crippen LogP contribution is -2.31. The summed E-state index contributed by atoms with van der Waals surface area (Å²) in [5.74, 6) is -0.740. The number of carbonyl (C=O) groups is 2. The number of rotatable bonds is 5. The summed E-state index contributed by atoms with van der Waals surface area (Å²) in [7, 11) is 0. The lowest BCUT2D eigenvalue weighted by Gasteiger charge is -2.14. The van der Waals surface area contributed by atoms with E-state index in [1.54, 1.807) is 17.1 Å². The Hall–Kier alpha value is -1.85. The Kier molecular flexibility index (Phi) is 3.96. The van der Waals surface area contributed by atoms with Gasteiger partial charge in [0.05, 0.1) is 6.20 Å². The molecule has 1 aliphatic rings. The number of amides is 1. The van der Waals surface area contributed by atoms with Crippen molar-refractivity contribution in [2.45, 2.75) is 32.2 Å². The maximum Gasteiger partial charge on any atom is 0.303 e. The molecule has 0 aromatic carbocycles. The molecule has 0 bridgehead atoms. The summed E-state index contributed by atoms with van der Waals surface area (Å²) in [6, 6.07) is 0. The summed E-state index contributed by atoms with van der Waals surface area (Å²) in [6.45, 7) is 1.92. The fourth-order valence-electron chi connectivity index (χ4n) is 2.08. The van der Waals surface area contributed by atoms with Crippen LogP contribution in [0.15, 0.2) is 12.4 Å². The molecule has 6 heteroatoms. The summed E-state index contributed by atoms with van der Waals surface area (Å²) in [6.07, 6.45) is 6.07. The van der Waals surface area contributed by atoms with Crippen LogP contribution in [0.1, 0.15) is 24.8 Å². The highest BCUT2D eigenvalue weighted by molar-refractivity contribution is 5.76. The van der Waals surface area contributed by atoms with E-state index in [1.807, 2.05) is 4.90 Å². The smallest absolute Gasteiger partial charge is 0.303 e. The van der Waals surface area contributed by atoms with Crippen LogP contribution in [-0.2, 0) is 22.6 Å². The standard InChI is InChI=1S/C12H17N3O3/c16-11(14-5-1-2-6-14)9-15-8-10(7-13-15)3-4-12(17)18/h7-8H,1-6,9H2,(H,17,18). The molecule has 18 heavy (non-hydrogen) atoms. The highest BCUT2D eigenvalue weighted by atomic mass is 16.4. The first-order valence-electron chi connectivity index (χ1n) is 6.16. The molecule has 0 unspecified atom stereocenters. The van der Waals surface area contributed by atoms with Gasteiger partial charge in [0, 0.05) is 25.7 Å². The van der Waals surface area contributed by atoms with Crippen molar-refractivity contribution in [3.8, 4) is 0 Å². The van der Waals surface area contributed by atoms with Gasteiger partial charge < -0.3 is 10.0 Å². The molecular formula is C12H17N3O3. The van der Waals surface area contributed by atoms with Crippen molar-refractivity contribution in [3.63, 3.8) is 0 Å². The molecular weight excluding hydrogens is 234 g/mol. The molecule has 1 amide bonds. The highest BCUT2D eigenvalue weighted by Gasteiger charge is 2.18. The van der Waals surface area contributed by atoms with E-state index in [1.165, 1.54) is 0 Å². The molecule has 1 saturated heterocycles. The second kappa shape index (κ2) is 5.66. The fraction of sp³-hybridized carbons (Fsp3) is 0.583. The maximum atomic E-state index is 11.9. The van der Waals surface area contributed by atoms with E-state index < -0.39 is 5.97 Å². The third kappa shape index (κ3) is 3.32. The van der Waals surface area contributed by atoms with Gasteiger partial charge in [-0.05, 0) is 24.8 Å². The van der Waals surface area contributed by atoms with Crippen LogP contribution in [0.2, 0.25) is 0 Å². The van der Waals surface area contributed by atoms with Gasteiger partial charge in [-0.25, -0.2) is 0 Å². The first kappa shape index (κ1) is 12.6. The first-order valence-corrected chi connectivity index (χ1v) is 6.16. The molecule has 2 rings (SSSR count). The highest BCUT2D eigenvalue weighted by Crippen LogP contribution is 2.09. The number of carboxylic acid groups (broad SMARTS) is 1. The van der Waals surface area contributed by atoms with E-state index >= 15 is 0 Å². The normalized spacial score (nSPS) is 15.0. The summed E-state index contributed by atoms with van der Waals surface area (Å²) in [4.78, 5) is 24.2. The Morgan fingerprint density at radius 3 is 2.72 bits per heavy atom. The van der Waals surface area contributed by atoms with Crippen LogP contribution < -0.4 is 0 Å². The van der Waals surface area contributed by atoms with E-state index in [-0.39, 0.29) is 18.9 Å². The van der Waals surface area contributed by atoms with Crippen LogP contribution in [-0.4, -0.2) is 44.8 Å². The molecule has 98 valence electrons. The van der Waals surface area contributed by atoms with Crippen LogP contribution in [0.4, 0.5) is 0 Å². The monoisotopic (exact) mass is 251 g/mol. The molecule has 0 atom stereocenters. The maximum absolute atomic E-state index is 11.9. The molecule has 1 aliphatic heterocycles. The Morgan fingerprint density at radius 1 is 1.33 bits per heavy atom. The lowest BCUT2D eigenvalue weighted by atomic mass is 10.2. The number of carbonyl (C=O) groups excluding carboxylic acids is 1. The van der Waals surface area contributed by atoms with Crippen molar-refractivity contribution in [1.82, 2.24) is 14.7 Å². The molecule has 1 aromatic heterocycles. The van der Waals surface area contributed by atoms with Gasteiger partial charge >= 0.3 is 5.97 Å². The van der Waals surface area contributed by atoms with Gasteiger partial charge in [-0.3, -0.25) is 14.3 Å². The van der Waals surface area contributed by atoms with Gasteiger partial charge in [0.2, 0.25) is 5.91 Å². The van der Waals surface area contributed by atoms with Gasteiger partial charge in [-0.15, -0.1) is 0 Å². The number of hydrogen-bond donors (Lipinski definition) is 1. The largest absolute Gasteiger partial charge is 0.481 e. The van der Waals surface area contributed by atoms with E-state index in [4.69, 9.17) is 5.11 Å². The minimum atomic E-state index is -0.823. The van der Waals surface area contributed by atoms with Gasteiger partial charge in [-0.2, -0.15) is 5.10 Å². The zero-order valence-electron chi connectivity index (χ0n) is 10.2. The number of aromatic nitrogens is 2. The van der Waals surface area contributed by atoms with E-state index in [9.17, 15) is 9.59 Å². The molecule has 0 saturated carbocycles. The van der Waals surface area contributed by atoms with Gasteiger partial charge in [0.25, 0.3) is 0 Å². The van der Waals surface area contributed by atoms with Crippen LogP contribution in [0.3, 0.4) is 0 Å². The molecule has 0 spiro atoms. The zero-order chi connectivity index (χ0) is 13.0. The number of carboxylic acids is 1. The van der Waals surface area contributed by atoms with Gasteiger partial charge in [0.1, 0.15) is 6.54 Å². The molecule has 1 fully saturated rings. The SMILES string of the molecule is O=C(O)CCc1cnn(CC(=O)N2CCCC2)c1. The third-order valence-corrected chi connectivity index (χ3v) is 3.07. The average molecular weight is 251 g/mol. The number of nitrogens with zero attached hydrogens (tertiary/aromatic N) is 3. The van der Waals surface area contributed by atoms with Crippen molar-refractivity contribution in [2.75, 3.05) is 13.1 Å². The Bertz CT molecular complexity index is 436. The molecule has 0 radical (unpaired) electrons. The lowest BCUT2D eigenvalue weighted by molar-refractivity contribution is -0.137. The molecule has 0 aliphatic carbocycles. The van der Waals surface area contributed by atoms with E-state index in [2.05, 4.69) is 5.10 Å². The van der Waals surface area contributed by atoms with Crippen molar-refractivity contribution in [2.24, 2.45) is 0 Å². The summed E-state index contributed by atoms with van der Waals surface area (Å²) in [5.41, 5.74) is 0.853. The Labute approximate surface area is 105 Å². The number of hydrogen-bond acceptors (Lipinski definition) is 3. The first-order chi connectivity index (χ1) is 8.65. The Morgan fingerprint density at radius 2 is 2.06 bits per heavy atom. The summed E-state index contributed by atoms with van der Waals surface area (Å²) in [5, 5.41) is 12.7. The van der Waals surface area contributed by atoms with Crippen molar-refractivity contribution >= 4 is 11.9 Å². The summed E-state index contributed by atoms with van der Waals surface area (Å²) < 4.78 is 1.58. The minimum absolute atomic E-state index is 0.0837. The number of likely N-dealkylation sites (tertiary alicyclic amines) is 1. The van der Waals surface area contributed by atoms with Crippen LogP contribution in [0, 0.1) is 0 Å². The average Bonchev–Trinajstić information content (AvgIpc) is 2.97. The van der Waals surface area contributed by atoms with Crippen molar-refractivity contribution in [1.29, 1.82) is 0 Å².